The summed E-state index contributed by atoms with van der Waals surface area (Å²) in [5, 5.41) is 24.9. The standard InChI is InChI=1S/2C24H31N5O3/c2*1-16-13-18-14-21(31-3)22(32-4)15-20(18)23(27-29(16)24(30)25-2)17-5-7-19(8-6-17)28-11-9-26-10-12-28/h2*5-8,14-16,26H,9-13H2,1-4H3,(H,25,30)/t16-;/m0./s1. The third-order valence-corrected chi connectivity index (χ3v) is 12.1. The van der Waals surface area contributed by atoms with E-state index in [1.807, 2.05) is 38.1 Å². The number of urea groups is 2. The maximum absolute atomic E-state index is 12.6. The first-order chi connectivity index (χ1) is 31.1. The fraction of sp³-hybridized carbons (Fsp3) is 0.417. The fourth-order valence-corrected chi connectivity index (χ4v) is 8.60. The Morgan fingerprint density at radius 2 is 0.875 bits per heavy atom. The number of nitrogens with one attached hydrogen (secondary N) is 4. The number of amides is 4. The summed E-state index contributed by atoms with van der Waals surface area (Å²) in [6, 6.07) is 24.0. The van der Waals surface area contributed by atoms with E-state index < -0.39 is 0 Å². The Balaban J connectivity index is 0.000000191. The van der Waals surface area contributed by atoms with Crippen LogP contribution in [0.4, 0.5) is 21.0 Å². The predicted octanol–water partition coefficient (Wildman–Crippen LogP) is 4.90. The van der Waals surface area contributed by atoms with Crippen molar-refractivity contribution < 1.29 is 28.5 Å². The number of nitrogens with zero attached hydrogens (tertiary/aromatic N) is 6. The highest BCUT2D eigenvalue weighted by Gasteiger charge is 2.30. The van der Waals surface area contributed by atoms with Gasteiger partial charge in [0.1, 0.15) is 0 Å². The average Bonchev–Trinajstić information content (AvgIpc) is 3.58. The lowest BCUT2D eigenvalue weighted by atomic mass is 9.94. The molecule has 2 fully saturated rings. The molecule has 0 saturated carbocycles. The van der Waals surface area contributed by atoms with Gasteiger partial charge in [-0.3, -0.25) is 0 Å². The van der Waals surface area contributed by atoms with Gasteiger partial charge in [0.05, 0.1) is 51.9 Å². The smallest absolute Gasteiger partial charge is 0.337 e. The number of hydrazone groups is 2. The maximum Gasteiger partial charge on any atom is 0.337 e. The molecule has 0 radical (unpaired) electrons. The molecule has 64 heavy (non-hydrogen) atoms. The first-order valence-electron chi connectivity index (χ1n) is 21.9. The minimum Gasteiger partial charge on any atom is -0.493 e. The third-order valence-electron chi connectivity index (χ3n) is 12.1. The monoisotopic (exact) mass is 874 g/mol. The highest BCUT2D eigenvalue weighted by atomic mass is 16.5. The second-order valence-electron chi connectivity index (χ2n) is 16.1. The Morgan fingerprint density at radius 1 is 0.547 bits per heavy atom. The molecule has 8 rings (SSSR count). The van der Waals surface area contributed by atoms with Gasteiger partial charge in [-0.15, -0.1) is 0 Å². The Kier molecular flexibility index (Phi) is 14.8. The number of fused-ring (bicyclic) bond motifs is 2. The number of ether oxygens (including phenoxy) is 4. The Morgan fingerprint density at radius 3 is 1.19 bits per heavy atom. The molecule has 1 unspecified atom stereocenters. The van der Waals surface area contributed by atoms with Crippen molar-refractivity contribution in [3.63, 3.8) is 0 Å². The van der Waals surface area contributed by atoms with Gasteiger partial charge in [0, 0.05) is 100 Å². The molecule has 16 heteroatoms. The summed E-state index contributed by atoms with van der Waals surface area (Å²) >= 11 is 0. The van der Waals surface area contributed by atoms with Gasteiger partial charge < -0.3 is 50.0 Å². The molecule has 4 aromatic carbocycles. The number of methoxy groups -OCH3 is 4. The van der Waals surface area contributed by atoms with Crippen molar-refractivity contribution in [1.82, 2.24) is 31.3 Å². The summed E-state index contributed by atoms with van der Waals surface area (Å²) < 4.78 is 22.2. The first-order valence-corrected chi connectivity index (χ1v) is 21.9. The van der Waals surface area contributed by atoms with Gasteiger partial charge in [-0.25, -0.2) is 19.6 Å². The van der Waals surface area contributed by atoms with E-state index in [1.54, 1.807) is 42.5 Å². The van der Waals surface area contributed by atoms with E-state index in [0.717, 1.165) is 97.2 Å². The van der Waals surface area contributed by atoms with Gasteiger partial charge in [0.25, 0.3) is 0 Å². The number of hydrogen-bond acceptors (Lipinski definition) is 12. The van der Waals surface area contributed by atoms with E-state index in [2.05, 4.69) is 79.6 Å². The van der Waals surface area contributed by atoms with Crippen molar-refractivity contribution in [2.75, 3.05) is 105 Å². The van der Waals surface area contributed by atoms with Crippen LogP contribution < -0.4 is 50.0 Å². The van der Waals surface area contributed by atoms with Gasteiger partial charge in [-0.05, 0) is 86.3 Å². The zero-order valence-corrected chi connectivity index (χ0v) is 38.3. The molecule has 2 saturated heterocycles. The third kappa shape index (κ3) is 9.82. The summed E-state index contributed by atoms with van der Waals surface area (Å²) in [7, 11) is 9.75. The largest absolute Gasteiger partial charge is 0.493 e. The molecule has 340 valence electrons. The molecule has 0 bridgehead atoms. The van der Waals surface area contributed by atoms with Gasteiger partial charge in [-0.1, -0.05) is 24.3 Å². The molecule has 4 amide bonds. The molecular formula is C48H62N10O6. The quantitative estimate of drug-likeness (QED) is 0.192. The van der Waals surface area contributed by atoms with Gasteiger partial charge in [0.15, 0.2) is 23.0 Å². The summed E-state index contributed by atoms with van der Waals surface area (Å²) in [6.45, 7) is 11.9. The Hall–Kier alpha value is -6.52. The molecular weight excluding hydrogens is 813 g/mol. The van der Waals surface area contributed by atoms with Crippen LogP contribution in [0.3, 0.4) is 0 Å². The van der Waals surface area contributed by atoms with E-state index in [1.165, 1.54) is 21.4 Å². The van der Waals surface area contributed by atoms with Crippen molar-refractivity contribution in [2.24, 2.45) is 10.2 Å². The van der Waals surface area contributed by atoms with Crippen LogP contribution in [0, 0.1) is 0 Å². The molecule has 4 aliphatic heterocycles. The van der Waals surface area contributed by atoms with E-state index in [4.69, 9.17) is 29.2 Å². The maximum atomic E-state index is 12.6. The summed E-state index contributed by atoms with van der Waals surface area (Å²) in [5.74, 6) is 2.61. The zero-order valence-electron chi connectivity index (χ0n) is 38.3. The van der Waals surface area contributed by atoms with Crippen LogP contribution in [0.2, 0.25) is 0 Å². The topological polar surface area (TPSA) is 157 Å². The lowest BCUT2D eigenvalue weighted by Crippen LogP contribution is -2.43. The molecule has 0 aliphatic carbocycles. The van der Waals surface area contributed by atoms with E-state index in [-0.39, 0.29) is 24.1 Å². The van der Waals surface area contributed by atoms with Crippen LogP contribution in [0.1, 0.15) is 47.2 Å². The number of piperazine rings is 2. The van der Waals surface area contributed by atoms with Crippen LogP contribution in [0.15, 0.2) is 83.0 Å². The second kappa shape index (κ2) is 20.8. The summed E-state index contributed by atoms with van der Waals surface area (Å²) in [4.78, 5) is 30.0. The highest BCUT2D eigenvalue weighted by Crippen LogP contribution is 2.36. The number of benzene rings is 4. The van der Waals surface area contributed by atoms with Gasteiger partial charge >= 0.3 is 12.1 Å². The van der Waals surface area contributed by atoms with Crippen molar-refractivity contribution >= 4 is 34.9 Å². The Bertz CT molecular complexity index is 2160. The molecule has 0 aromatic heterocycles. The second-order valence-corrected chi connectivity index (χ2v) is 16.1. The van der Waals surface area contributed by atoms with Crippen molar-refractivity contribution in [1.29, 1.82) is 0 Å². The molecule has 4 heterocycles. The minimum atomic E-state index is -0.237. The molecule has 2 atom stereocenters. The van der Waals surface area contributed by atoms with Crippen LogP contribution >= 0.6 is 0 Å². The van der Waals surface area contributed by atoms with Crippen molar-refractivity contribution in [3.05, 3.63) is 106 Å². The zero-order chi connectivity index (χ0) is 45.3. The number of carbonyl (C=O) groups excluding carboxylic acids is 2. The number of carbonyl (C=O) groups is 2. The normalized spacial score (nSPS) is 18.4. The predicted molar refractivity (Wildman–Crippen MR) is 252 cm³/mol. The number of hydrogen-bond donors (Lipinski definition) is 4. The molecule has 4 N–H and O–H groups in total. The molecule has 16 nitrogen and oxygen atoms in total. The Labute approximate surface area is 376 Å². The van der Waals surface area contributed by atoms with Crippen molar-refractivity contribution in [2.45, 2.75) is 38.8 Å². The molecule has 4 aromatic rings. The summed E-state index contributed by atoms with van der Waals surface area (Å²) in [5.41, 5.74) is 9.74. The van der Waals surface area contributed by atoms with Crippen molar-refractivity contribution in [3.8, 4) is 23.0 Å². The SMILES string of the molecule is CNC(=O)N1N=C(c2ccc(N3CCNCC3)cc2)c2cc(OC)c(OC)cc2CC1C.CNC(=O)N1N=C(c2ccc(N3CCNCC3)cc2)c2cc(OC)c(OC)cc2C[C@@H]1C. The van der Waals surface area contributed by atoms with E-state index in [9.17, 15) is 9.59 Å². The number of rotatable bonds is 8. The van der Waals surface area contributed by atoms with E-state index >= 15 is 0 Å². The minimum absolute atomic E-state index is 0.121. The van der Waals surface area contributed by atoms with Crippen LogP contribution in [0.25, 0.3) is 0 Å². The first kappa shape index (κ1) is 45.5. The molecule has 4 aliphatic rings. The fourth-order valence-electron chi connectivity index (χ4n) is 8.60. The van der Waals surface area contributed by atoms with E-state index in [0.29, 0.717) is 35.8 Å². The number of anilines is 2. The average molecular weight is 875 g/mol. The highest BCUT2D eigenvalue weighted by molar-refractivity contribution is 6.15. The van der Waals surface area contributed by atoms with Crippen LogP contribution in [0.5, 0.6) is 23.0 Å². The van der Waals surface area contributed by atoms with Crippen LogP contribution in [-0.2, 0) is 12.8 Å². The lowest BCUT2D eigenvalue weighted by Gasteiger charge is -2.29. The van der Waals surface area contributed by atoms with Crippen LogP contribution in [-0.4, -0.2) is 140 Å². The lowest BCUT2D eigenvalue weighted by molar-refractivity contribution is 0.184. The molecule has 0 spiro atoms. The summed E-state index contributed by atoms with van der Waals surface area (Å²) in [6.07, 6.45) is 1.30. The van der Waals surface area contributed by atoms with Gasteiger partial charge in [-0.2, -0.15) is 10.2 Å². The van der Waals surface area contributed by atoms with Gasteiger partial charge in [0.2, 0.25) is 0 Å².